The fraction of sp³-hybridized carbons (Fsp3) is 0.300. The molecule has 0 fully saturated rings. The summed E-state index contributed by atoms with van der Waals surface area (Å²) in [6, 6.07) is 6.79. The maximum Gasteiger partial charge on any atom is 0.265 e. The van der Waals surface area contributed by atoms with E-state index >= 15 is 0 Å². The van der Waals surface area contributed by atoms with E-state index in [4.69, 9.17) is 17.0 Å². The molecule has 2 aromatic heterocycles. The summed E-state index contributed by atoms with van der Waals surface area (Å²) >= 11 is 6.82. The minimum atomic E-state index is -0.278. The van der Waals surface area contributed by atoms with Gasteiger partial charge in [0.15, 0.2) is 17.2 Å². The Morgan fingerprint density at radius 1 is 1.28 bits per heavy atom. The molecular formula is C20H19N3O4S2. The highest BCUT2D eigenvalue weighted by atomic mass is 32.1. The van der Waals surface area contributed by atoms with Gasteiger partial charge in [0, 0.05) is 17.0 Å². The van der Waals surface area contributed by atoms with Gasteiger partial charge in [0.2, 0.25) is 0 Å². The molecule has 4 rings (SSSR count). The smallest absolute Gasteiger partial charge is 0.265 e. The molecule has 1 N–H and O–H groups in total. The van der Waals surface area contributed by atoms with Gasteiger partial charge in [0.1, 0.15) is 10.6 Å². The van der Waals surface area contributed by atoms with Crippen molar-refractivity contribution in [1.82, 2.24) is 9.55 Å². The van der Waals surface area contributed by atoms with Crippen molar-refractivity contribution in [3.63, 3.8) is 0 Å². The van der Waals surface area contributed by atoms with Crippen LogP contribution in [0.15, 0.2) is 29.1 Å². The lowest BCUT2D eigenvalue weighted by Crippen LogP contribution is -2.38. The molecule has 3 heterocycles. The van der Waals surface area contributed by atoms with Gasteiger partial charge in [-0.05, 0) is 49.8 Å². The molecule has 0 saturated carbocycles. The minimum Gasteiger partial charge on any atom is -0.482 e. The molecule has 150 valence electrons. The van der Waals surface area contributed by atoms with Crippen molar-refractivity contribution >= 4 is 51.1 Å². The number of carbonyl (C=O) groups is 2. The number of ether oxygens (including phenoxy) is 1. The molecule has 1 aliphatic heterocycles. The second-order valence-corrected chi connectivity index (χ2v) is 8.19. The normalized spacial score (nSPS) is 13.4. The summed E-state index contributed by atoms with van der Waals surface area (Å²) in [5.74, 6) is 0.135. The van der Waals surface area contributed by atoms with Crippen LogP contribution in [-0.4, -0.2) is 34.4 Å². The molecule has 3 aromatic rings. The van der Waals surface area contributed by atoms with Crippen molar-refractivity contribution < 1.29 is 14.3 Å². The molecular weight excluding hydrogens is 410 g/mol. The van der Waals surface area contributed by atoms with Crippen molar-refractivity contribution in [3.8, 4) is 5.75 Å². The van der Waals surface area contributed by atoms with Gasteiger partial charge in [-0.15, -0.1) is 11.3 Å². The molecule has 9 heteroatoms. The summed E-state index contributed by atoms with van der Waals surface area (Å²) < 4.78 is 6.94. The predicted molar refractivity (Wildman–Crippen MR) is 115 cm³/mol. The number of Topliss-reactive ketones (excluding diaryl/α,β-unsaturated/α-hetero) is 1. The molecule has 0 spiro atoms. The van der Waals surface area contributed by atoms with Gasteiger partial charge in [-0.3, -0.25) is 19.0 Å². The van der Waals surface area contributed by atoms with Crippen molar-refractivity contribution in [2.45, 2.75) is 26.8 Å². The van der Waals surface area contributed by atoms with Crippen LogP contribution in [0.1, 0.15) is 29.1 Å². The number of rotatable bonds is 5. The molecule has 0 unspecified atom stereocenters. The van der Waals surface area contributed by atoms with Crippen LogP contribution in [0.25, 0.3) is 10.2 Å². The number of hydrogen-bond acceptors (Lipinski definition) is 6. The van der Waals surface area contributed by atoms with Crippen LogP contribution >= 0.6 is 23.6 Å². The Bertz CT molecular complexity index is 1250. The molecule has 7 nitrogen and oxygen atoms in total. The maximum atomic E-state index is 12.9. The first-order valence-electron chi connectivity index (χ1n) is 9.28. The number of nitrogens with zero attached hydrogens (tertiary/aromatic N) is 2. The number of hydrogen-bond donors (Lipinski definition) is 1. The van der Waals surface area contributed by atoms with Crippen molar-refractivity contribution in [2.75, 3.05) is 18.1 Å². The van der Waals surface area contributed by atoms with Crippen LogP contribution in [0.5, 0.6) is 5.75 Å². The average molecular weight is 430 g/mol. The van der Waals surface area contributed by atoms with E-state index < -0.39 is 0 Å². The number of nitrogens with one attached hydrogen (secondary N) is 1. The Balaban J connectivity index is 1.70. The molecule has 1 amide bonds. The van der Waals surface area contributed by atoms with Crippen LogP contribution in [0, 0.1) is 4.77 Å². The second-order valence-electron chi connectivity index (χ2n) is 6.66. The van der Waals surface area contributed by atoms with Crippen LogP contribution in [-0.2, 0) is 17.8 Å². The zero-order valence-corrected chi connectivity index (χ0v) is 17.6. The number of anilines is 1. The van der Waals surface area contributed by atoms with E-state index in [1.165, 1.54) is 15.9 Å². The van der Waals surface area contributed by atoms with Crippen molar-refractivity contribution in [1.29, 1.82) is 0 Å². The lowest BCUT2D eigenvalue weighted by Gasteiger charge is -2.28. The summed E-state index contributed by atoms with van der Waals surface area (Å²) in [5, 5.41) is 0.537. The maximum absolute atomic E-state index is 12.9. The van der Waals surface area contributed by atoms with E-state index in [0.717, 1.165) is 16.1 Å². The molecule has 0 bridgehead atoms. The van der Waals surface area contributed by atoms with E-state index in [1.807, 2.05) is 19.9 Å². The zero-order valence-electron chi connectivity index (χ0n) is 16.0. The molecule has 1 aromatic carbocycles. The monoisotopic (exact) mass is 429 g/mol. The van der Waals surface area contributed by atoms with Crippen LogP contribution in [0.4, 0.5) is 5.69 Å². The molecule has 0 atom stereocenters. The fourth-order valence-corrected chi connectivity index (χ4v) is 4.67. The number of aryl methyl sites for hydroxylation is 1. The molecule has 0 radical (unpaired) electrons. The molecule has 29 heavy (non-hydrogen) atoms. The second kappa shape index (κ2) is 7.57. The largest absolute Gasteiger partial charge is 0.482 e. The summed E-state index contributed by atoms with van der Waals surface area (Å²) in [6.45, 7) is 4.17. The fourth-order valence-electron chi connectivity index (χ4n) is 3.37. The van der Waals surface area contributed by atoms with E-state index in [1.54, 1.807) is 23.1 Å². The lowest BCUT2D eigenvalue weighted by atomic mass is 10.1. The zero-order chi connectivity index (χ0) is 20.7. The summed E-state index contributed by atoms with van der Waals surface area (Å²) in [7, 11) is 0. The number of H-pyrrole nitrogens is 1. The highest BCUT2D eigenvalue weighted by Crippen LogP contribution is 2.33. The van der Waals surface area contributed by atoms with Gasteiger partial charge in [-0.25, -0.2) is 0 Å². The minimum absolute atomic E-state index is 0.0148. The predicted octanol–water partition coefficient (Wildman–Crippen LogP) is 3.31. The van der Waals surface area contributed by atoms with Gasteiger partial charge in [0.05, 0.1) is 17.6 Å². The van der Waals surface area contributed by atoms with Gasteiger partial charge >= 0.3 is 0 Å². The first-order valence-corrected chi connectivity index (χ1v) is 10.5. The summed E-state index contributed by atoms with van der Waals surface area (Å²) in [6.07, 6.45) is 0.822. The number of likely N-dealkylation sites (N-methyl/N-ethyl adjacent to an activating group) is 1. The number of benzene rings is 1. The highest BCUT2D eigenvalue weighted by molar-refractivity contribution is 7.71. The number of thiophene rings is 1. The van der Waals surface area contributed by atoms with Crippen LogP contribution in [0.2, 0.25) is 0 Å². The van der Waals surface area contributed by atoms with Crippen LogP contribution < -0.4 is 15.2 Å². The summed E-state index contributed by atoms with van der Waals surface area (Å²) in [4.78, 5) is 44.3. The lowest BCUT2D eigenvalue weighted by molar-refractivity contribution is -0.121. The number of fused-ring (bicyclic) bond motifs is 2. The number of ketones is 1. The number of amides is 1. The summed E-state index contributed by atoms with van der Waals surface area (Å²) in [5.41, 5.74) is 0.675. The van der Waals surface area contributed by atoms with E-state index in [0.29, 0.717) is 28.9 Å². The SMILES string of the molecule is CCc1cc2c(=O)n(CC(=O)c3ccc4c(c3)N(CC)C(=O)CO4)c(=S)[nH]c2s1. The molecule has 0 saturated heterocycles. The van der Waals surface area contributed by atoms with Crippen molar-refractivity contribution in [2.24, 2.45) is 0 Å². The standard InChI is InChI=1S/C20H19N3O4S2/c1-3-12-8-13-18(29-12)21-20(28)23(19(13)26)9-15(24)11-5-6-16-14(7-11)22(4-2)17(25)10-27-16/h5-8H,3-4,9-10H2,1-2H3,(H,21,28). The molecule has 1 aliphatic rings. The number of aromatic nitrogens is 2. The molecule has 0 aliphatic carbocycles. The quantitative estimate of drug-likeness (QED) is 0.497. The first kappa shape index (κ1) is 19.5. The van der Waals surface area contributed by atoms with Crippen LogP contribution in [0.3, 0.4) is 0 Å². The Morgan fingerprint density at radius 3 is 2.79 bits per heavy atom. The third kappa shape index (κ3) is 3.40. The van der Waals surface area contributed by atoms with Crippen molar-refractivity contribution in [3.05, 3.63) is 49.8 Å². The number of aromatic amines is 1. The third-order valence-electron chi connectivity index (χ3n) is 4.91. The Kier molecular flexibility index (Phi) is 5.10. The Morgan fingerprint density at radius 2 is 2.07 bits per heavy atom. The number of carbonyl (C=O) groups excluding carboxylic acids is 2. The highest BCUT2D eigenvalue weighted by Gasteiger charge is 2.25. The first-order chi connectivity index (χ1) is 13.9. The van der Waals surface area contributed by atoms with E-state index in [9.17, 15) is 14.4 Å². The topological polar surface area (TPSA) is 84.4 Å². The van der Waals surface area contributed by atoms with Gasteiger partial charge in [0.25, 0.3) is 11.5 Å². The Labute approximate surface area is 175 Å². The van der Waals surface area contributed by atoms with Gasteiger partial charge < -0.3 is 14.6 Å². The van der Waals surface area contributed by atoms with E-state index in [-0.39, 0.29) is 35.2 Å². The van der Waals surface area contributed by atoms with Gasteiger partial charge in [-0.1, -0.05) is 6.92 Å². The van der Waals surface area contributed by atoms with Gasteiger partial charge in [-0.2, -0.15) is 0 Å². The third-order valence-corrected chi connectivity index (χ3v) is 6.43. The Hall–Kier alpha value is -2.78. The van der Waals surface area contributed by atoms with E-state index in [2.05, 4.69) is 4.98 Å². The average Bonchev–Trinajstić information content (AvgIpc) is 3.13.